The predicted molar refractivity (Wildman–Crippen MR) is 65.9 cm³/mol. The van der Waals surface area contributed by atoms with E-state index in [0.29, 0.717) is 6.04 Å². The van der Waals surface area contributed by atoms with Gasteiger partial charge in [-0.05, 0) is 49.9 Å². The summed E-state index contributed by atoms with van der Waals surface area (Å²) in [6, 6.07) is 8.59. The molecule has 0 bridgehead atoms. The lowest BCUT2D eigenvalue weighted by molar-refractivity contribution is 0.482. The maximum Gasteiger partial charge on any atom is 0.0343 e. The molecular weight excluding hydrogens is 184 g/mol. The summed E-state index contributed by atoms with van der Waals surface area (Å²) in [7, 11) is 0. The van der Waals surface area contributed by atoms with Crippen LogP contribution in [0.3, 0.4) is 0 Å². The molecule has 1 aliphatic carbocycles. The van der Waals surface area contributed by atoms with Crippen LogP contribution in [0.1, 0.15) is 32.6 Å². The minimum Gasteiger partial charge on any atom is -0.399 e. The smallest absolute Gasteiger partial charge is 0.0343 e. The summed E-state index contributed by atoms with van der Waals surface area (Å²) in [4.78, 5) is 0. The lowest BCUT2D eigenvalue weighted by Crippen LogP contribution is -2.23. The maximum atomic E-state index is 5.65. The molecule has 0 amide bonds. The molecule has 15 heavy (non-hydrogen) atoms. The molecule has 82 valence electrons. The molecule has 3 N–H and O–H groups in total. The van der Waals surface area contributed by atoms with Crippen molar-refractivity contribution in [3.05, 3.63) is 24.3 Å². The number of hydrogen-bond donors (Lipinski definition) is 2. The van der Waals surface area contributed by atoms with Gasteiger partial charge in [0.2, 0.25) is 0 Å². The first-order valence-electron chi connectivity index (χ1n) is 5.88. The van der Waals surface area contributed by atoms with E-state index in [0.717, 1.165) is 11.6 Å². The van der Waals surface area contributed by atoms with E-state index in [4.69, 9.17) is 5.73 Å². The number of nitrogen functional groups attached to an aromatic ring is 1. The molecule has 0 aromatic heterocycles. The highest BCUT2D eigenvalue weighted by molar-refractivity contribution is 5.51. The van der Waals surface area contributed by atoms with Crippen molar-refractivity contribution in [1.29, 1.82) is 0 Å². The fourth-order valence-corrected chi connectivity index (χ4v) is 2.42. The predicted octanol–water partition coefficient (Wildman–Crippen LogP) is 3.26. The topological polar surface area (TPSA) is 38.0 Å². The largest absolute Gasteiger partial charge is 0.399 e. The second-order valence-electron chi connectivity index (χ2n) is 4.60. The highest BCUT2D eigenvalue weighted by atomic mass is 14.9. The van der Waals surface area contributed by atoms with Gasteiger partial charge in [0.15, 0.2) is 0 Å². The lowest BCUT2D eigenvalue weighted by atomic mass is 9.99. The SMILES string of the molecule is CC(Nc1ccc(N)cc1)C1CCCC1. The zero-order valence-corrected chi connectivity index (χ0v) is 9.37. The van der Waals surface area contributed by atoms with E-state index >= 15 is 0 Å². The molecule has 1 aliphatic rings. The van der Waals surface area contributed by atoms with Gasteiger partial charge in [-0.25, -0.2) is 0 Å². The molecule has 0 spiro atoms. The molecule has 2 nitrogen and oxygen atoms in total. The van der Waals surface area contributed by atoms with Crippen molar-refractivity contribution in [2.45, 2.75) is 38.6 Å². The van der Waals surface area contributed by atoms with Crippen LogP contribution in [0.15, 0.2) is 24.3 Å². The maximum absolute atomic E-state index is 5.65. The van der Waals surface area contributed by atoms with Crippen LogP contribution in [0.25, 0.3) is 0 Å². The third-order valence-electron chi connectivity index (χ3n) is 3.41. The van der Waals surface area contributed by atoms with Crippen molar-refractivity contribution in [2.24, 2.45) is 5.92 Å². The van der Waals surface area contributed by atoms with Crippen molar-refractivity contribution in [2.75, 3.05) is 11.1 Å². The van der Waals surface area contributed by atoms with Crippen LogP contribution >= 0.6 is 0 Å². The Kier molecular flexibility index (Phi) is 3.14. The summed E-state index contributed by atoms with van der Waals surface area (Å²) in [6.45, 7) is 2.28. The summed E-state index contributed by atoms with van der Waals surface area (Å²) in [6.07, 6.45) is 5.56. The average Bonchev–Trinajstić information content (AvgIpc) is 2.74. The third kappa shape index (κ3) is 2.65. The zero-order valence-electron chi connectivity index (χ0n) is 9.37. The van der Waals surface area contributed by atoms with Gasteiger partial charge in [-0.2, -0.15) is 0 Å². The molecule has 1 fully saturated rings. The average molecular weight is 204 g/mol. The molecule has 0 heterocycles. The van der Waals surface area contributed by atoms with E-state index < -0.39 is 0 Å². The van der Waals surface area contributed by atoms with Gasteiger partial charge in [0.05, 0.1) is 0 Å². The van der Waals surface area contributed by atoms with E-state index in [2.05, 4.69) is 24.4 Å². The van der Waals surface area contributed by atoms with E-state index in [-0.39, 0.29) is 0 Å². The number of nitrogens with two attached hydrogens (primary N) is 1. The molecule has 0 radical (unpaired) electrons. The first kappa shape index (κ1) is 10.3. The van der Waals surface area contributed by atoms with Crippen molar-refractivity contribution in [3.63, 3.8) is 0 Å². The van der Waals surface area contributed by atoms with Crippen LogP contribution in [0, 0.1) is 5.92 Å². The summed E-state index contributed by atoms with van der Waals surface area (Å²) in [5.41, 5.74) is 7.66. The molecule has 1 saturated carbocycles. The van der Waals surface area contributed by atoms with E-state index in [1.165, 1.54) is 31.4 Å². The van der Waals surface area contributed by atoms with Crippen molar-refractivity contribution in [3.8, 4) is 0 Å². The van der Waals surface area contributed by atoms with Gasteiger partial charge in [0.25, 0.3) is 0 Å². The molecule has 2 heteroatoms. The fraction of sp³-hybridized carbons (Fsp3) is 0.538. The Labute approximate surface area is 91.9 Å². The Morgan fingerprint density at radius 3 is 2.40 bits per heavy atom. The van der Waals surface area contributed by atoms with Crippen molar-refractivity contribution >= 4 is 11.4 Å². The van der Waals surface area contributed by atoms with Gasteiger partial charge in [0.1, 0.15) is 0 Å². The summed E-state index contributed by atoms with van der Waals surface area (Å²) in [5.74, 6) is 0.850. The molecule has 1 aromatic carbocycles. The van der Waals surface area contributed by atoms with E-state index in [1.807, 2.05) is 12.1 Å². The molecule has 1 aromatic rings. The number of hydrogen-bond acceptors (Lipinski definition) is 2. The monoisotopic (exact) mass is 204 g/mol. The zero-order chi connectivity index (χ0) is 10.7. The van der Waals surface area contributed by atoms with Gasteiger partial charge < -0.3 is 11.1 Å². The number of nitrogens with one attached hydrogen (secondary N) is 1. The summed E-state index contributed by atoms with van der Waals surface area (Å²) in [5, 5.41) is 3.56. The summed E-state index contributed by atoms with van der Waals surface area (Å²) >= 11 is 0. The van der Waals surface area contributed by atoms with Crippen LogP contribution < -0.4 is 11.1 Å². The molecule has 2 rings (SSSR count). The molecule has 1 atom stereocenters. The van der Waals surface area contributed by atoms with Crippen LogP contribution in [0.4, 0.5) is 11.4 Å². The Balaban J connectivity index is 1.92. The first-order chi connectivity index (χ1) is 7.25. The number of anilines is 2. The van der Waals surface area contributed by atoms with Crippen molar-refractivity contribution in [1.82, 2.24) is 0 Å². The Morgan fingerprint density at radius 2 is 1.80 bits per heavy atom. The Bertz CT molecular complexity index is 299. The van der Waals surface area contributed by atoms with Gasteiger partial charge in [-0.15, -0.1) is 0 Å². The number of rotatable bonds is 3. The minimum atomic E-state index is 0.580. The summed E-state index contributed by atoms with van der Waals surface area (Å²) < 4.78 is 0. The van der Waals surface area contributed by atoms with Gasteiger partial charge in [-0.3, -0.25) is 0 Å². The van der Waals surface area contributed by atoms with Crippen LogP contribution in [-0.2, 0) is 0 Å². The second-order valence-corrected chi connectivity index (χ2v) is 4.60. The van der Waals surface area contributed by atoms with Crippen LogP contribution in [0.2, 0.25) is 0 Å². The lowest BCUT2D eigenvalue weighted by Gasteiger charge is -2.21. The standard InChI is InChI=1S/C13H20N2/c1-10(11-4-2-3-5-11)15-13-8-6-12(14)7-9-13/h6-11,15H,2-5,14H2,1H3. The number of benzene rings is 1. The fourth-order valence-electron chi connectivity index (χ4n) is 2.42. The van der Waals surface area contributed by atoms with Crippen molar-refractivity contribution < 1.29 is 0 Å². The first-order valence-corrected chi connectivity index (χ1v) is 5.88. The van der Waals surface area contributed by atoms with Crippen LogP contribution in [0.5, 0.6) is 0 Å². The Morgan fingerprint density at radius 1 is 1.20 bits per heavy atom. The molecule has 0 aliphatic heterocycles. The van der Waals surface area contributed by atoms with Crippen LogP contribution in [-0.4, -0.2) is 6.04 Å². The third-order valence-corrected chi connectivity index (χ3v) is 3.41. The second kappa shape index (κ2) is 4.56. The molecule has 1 unspecified atom stereocenters. The van der Waals surface area contributed by atoms with E-state index in [9.17, 15) is 0 Å². The minimum absolute atomic E-state index is 0.580. The molecular formula is C13H20N2. The highest BCUT2D eigenvalue weighted by Crippen LogP contribution is 2.29. The normalized spacial score (nSPS) is 19.0. The quantitative estimate of drug-likeness (QED) is 0.742. The highest BCUT2D eigenvalue weighted by Gasteiger charge is 2.20. The van der Waals surface area contributed by atoms with Gasteiger partial charge in [0, 0.05) is 17.4 Å². The van der Waals surface area contributed by atoms with Gasteiger partial charge in [-0.1, -0.05) is 12.8 Å². The molecule has 0 saturated heterocycles. The Hall–Kier alpha value is -1.18. The van der Waals surface area contributed by atoms with E-state index in [1.54, 1.807) is 0 Å². The van der Waals surface area contributed by atoms with Gasteiger partial charge >= 0.3 is 0 Å².